The molecular formula is C11H15F2N3O2S. The van der Waals surface area contributed by atoms with Crippen LogP contribution in [0.15, 0.2) is 0 Å². The molecule has 1 saturated carbocycles. The van der Waals surface area contributed by atoms with Crippen molar-refractivity contribution in [2.75, 3.05) is 5.32 Å². The summed E-state index contributed by atoms with van der Waals surface area (Å²) in [5.41, 5.74) is -0.974. The number of hydrogen-bond donors (Lipinski definition) is 2. The van der Waals surface area contributed by atoms with Crippen molar-refractivity contribution in [3.63, 3.8) is 0 Å². The molecule has 0 aliphatic heterocycles. The van der Waals surface area contributed by atoms with Crippen LogP contribution in [0.1, 0.15) is 50.0 Å². The maximum absolute atomic E-state index is 12.3. The number of aliphatic hydroxyl groups is 1. The molecule has 0 spiro atoms. The van der Waals surface area contributed by atoms with Gasteiger partial charge in [0.05, 0.1) is 12.0 Å². The Morgan fingerprint density at radius 1 is 1.37 bits per heavy atom. The first-order chi connectivity index (χ1) is 8.98. The molecule has 8 heteroatoms. The zero-order valence-electron chi connectivity index (χ0n) is 10.2. The zero-order valence-corrected chi connectivity index (χ0v) is 11.1. The van der Waals surface area contributed by atoms with E-state index < -0.39 is 22.9 Å². The number of carbonyl (C=O) groups excluding carboxylic acids is 1. The number of carbonyl (C=O) groups is 1. The highest BCUT2D eigenvalue weighted by atomic mass is 32.1. The van der Waals surface area contributed by atoms with Crippen LogP contribution in [0.2, 0.25) is 0 Å². The van der Waals surface area contributed by atoms with Crippen molar-refractivity contribution < 1.29 is 18.7 Å². The van der Waals surface area contributed by atoms with Crippen LogP contribution in [0, 0.1) is 0 Å². The molecule has 5 nitrogen and oxygen atoms in total. The lowest BCUT2D eigenvalue weighted by molar-refractivity contribution is -0.122. The van der Waals surface area contributed by atoms with Crippen molar-refractivity contribution in [2.45, 2.75) is 50.6 Å². The van der Waals surface area contributed by atoms with Crippen molar-refractivity contribution in [3.05, 3.63) is 5.01 Å². The van der Waals surface area contributed by atoms with Gasteiger partial charge in [-0.2, -0.15) is 0 Å². The molecule has 0 atom stereocenters. The third-order valence-corrected chi connectivity index (χ3v) is 3.99. The molecule has 2 rings (SSSR count). The first-order valence-corrected chi connectivity index (χ1v) is 6.94. The van der Waals surface area contributed by atoms with Crippen LogP contribution < -0.4 is 5.32 Å². The summed E-state index contributed by atoms with van der Waals surface area (Å²) in [6, 6.07) is 0. The Balaban J connectivity index is 1.89. The lowest BCUT2D eigenvalue weighted by atomic mass is 9.82. The first kappa shape index (κ1) is 14.3. The Kier molecular flexibility index (Phi) is 4.41. The monoisotopic (exact) mass is 291 g/mol. The second-order valence-corrected chi connectivity index (χ2v) is 5.77. The summed E-state index contributed by atoms with van der Waals surface area (Å²) in [4.78, 5) is 11.7. The SMILES string of the molecule is O=C(CC1(O)CCCCC1)Nc1nnc(C(F)F)s1. The number of halogens is 2. The normalized spacial score (nSPS) is 18.5. The minimum atomic E-state index is -2.69. The average Bonchev–Trinajstić information content (AvgIpc) is 2.77. The molecule has 1 fully saturated rings. The van der Waals surface area contributed by atoms with Gasteiger partial charge in [0, 0.05) is 0 Å². The molecular weight excluding hydrogens is 276 g/mol. The molecule has 1 aromatic heterocycles. The highest BCUT2D eigenvalue weighted by Crippen LogP contribution is 2.31. The van der Waals surface area contributed by atoms with Crippen LogP contribution in [-0.2, 0) is 4.79 Å². The lowest BCUT2D eigenvalue weighted by Crippen LogP contribution is -2.35. The van der Waals surface area contributed by atoms with Crippen LogP contribution in [0.4, 0.5) is 13.9 Å². The molecule has 106 valence electrons. The van der Waals surface area contributed by atoms with E-state index in [0.717, 1.165) is 19.3 Å². The topological polar surface area (TPSA) is 75.1 Å². The third kappa shape index (κ3) is 3.90. The van der Waals surface area contributed by atoms with Crippen molar-refractivity contribution >= 4 is 22.4 Å². The fourth-order valence-electron chi connectivity index (χ4n) is 2.22. The van der Waals surface area contributed by atoms with E-state index in [4.69, 9.17) is 0 Å². The minimum absolute atomic E-state index is 0.0312. The summed E-state index contributed by atoms with van der Waals surface area (Å²) >= 11 is 0.644. The molecule has 1 heterocycles. The van der Waals surface area contributed by atoms with Gasteiger partial charge in [0.1, 0.15) is 0 Å². The summed E-state index contributed by atoms with van der Waals surface area (Å²) in [6.45, 7) is 0. The van der Waals surface area contributed by atoms with Gasteiger partial charge >= 0.3 is 0 Å². The lowest BCUT2D eigenvalue weighted by Gasteiger charge is -2.31. The van der Waals surface area contributed by atoms with Gasteiger partial charge in [0.15, 0.2) is 5.01 Å². The molecule has 0 aromatic carbocycles. The van der Waals surface area contributed by atoms with E-state index in [-0.39, 0.29) is 11.6 Å². The highest BCUT2D eigenvalue weighted by molar-refractivity contribution is 7.15. The minimum Gasteiger partial charge on any atom is -0.389 e. The fourth-order valence-corrected chi connectivity index (χ4v) is 2.84. The predicted molar refractivity (Wildman–Crippen MR) is 66.1 cm³/mol. The molecule has 0 bridgehead atoms. The molecule has 1 aromatic rings. The number of amides is 1. The number of anilines is 1. The van der Waals surface area contributed by atoms with Gasteiger partial charge < -0.3 is 10.4 Å². The zero-order chi connectivity index (χ0) is 13.9. The van der Waals surface area contributed by atoms with Crippen LogP contribution in [0.25, 0.3) is 0 Å². The van der Waals surface area contributed by atoms with Crippen molar-refractivity contribution in [3.8, 4) is 0 Å². The van der Waals surface area contributed by atoms with Gasteiger partial charge in [-0.3, -0.25) is 4.79 Å². The van der Waals surface area contributed by atoms with E-state index >= 15 is 0 Å². The predicted octanol–water partition coefficient (Wildman–Crippen LogP) is 2.50. The van der Waals surface area contributed by atoms with E-state index in [1.54, 1.807) is 0 Å². The summed E-state index contributed by atoms with van der Waals surface area (Å²) < 4.78 is 24.6. The molecule has 2 N–H and O–H groups in total. The summed E-state index contributed by atoms with van der Waals surface area (Å²) in [5, 5.41) is 19.0. The van der Waals surface area contributed by atoms with Gasteiger partial charge in [0.2, 0.25) is 11.0 Å². The van der Waals surface area contributed by atoms with Gasteiger partial charge in [-0.15, -0.1) is 10.2 Å². The van der Waals surface area contributed by atoms with Crippen LogP contribution in [-0.4, -0.2) is 26.8 Å². The Morgan fingerprint density at radius 3 is 2.63 bits per heavy atom. The van der Waals surface area contributed by atoms with Gasteiger partial charge in [0.25, 0.3) is 6.43 Å². The molecule has 1 amide bonds. The quantitative estimate of drug-likeness (QED) is 0.893. The molecule has 0 unspecified atom stereocenters. The van der Waals surface area contributed by atoms with Crippen LogP contribution in [0.3, 0.4) is 0 Å². The number of hydrogen-bond acceptors (Lipinski definition) is 5. The summed E-state index contributed by atoms with van der Waals surface area (Å²) in [5.74, 6) is -0.415. The molecule has 0 saturated heterocycles. The molecule has 0 radical (unpaired) electrons. The largest absolute Gasteiger partial charge is 0.389 e. The van der Waals surface area contributed by atoms with E-state index in [1.165, 1.54) is 0 Å². The first-order valence-electron chi connectivity index (χ1n) is 6.12. The highest BCUT2D eigenvalue weighted by Gasteiger charge is 2.32. The Labute approximate surface area is 113 Å². The average molecular weight is 291 g/mol. The van der Waals surface area contributed by atoms with Crippen molar-refractivity contribution in [2.24, 2.45) is 0 Å². The maximum Gasteiger partial charge on any atom is 0.291 e. The smallest absolute Gasteiger partial charge is 0.291 e. The van der Waals surface area contributed by atoms with E-state index in [9.17, 15) is 18.7 Å². The van der Waals surface area contributed by atoms with E-state index in [1.807, 2.05) is 0 Å². The number of nitrogens with one attached hydrogen (secondary N) is 1. The number of nitrogens with zero attached hydrogens (tertiary/aromatic N) is 2. The second-order valence-electron chi connectivity index (χ2n) is 4.76. The number of alkyl halides is 2. The standard InChI is InChI=1S/C11H15F2N3O2S/c12-8(13)9-15-16-10(19-9)14-7(17)6-11(18)4-2-1-3-5-11/h8,18H,1-6H2,(H,14,16,17). The molecule has 1 aliphatic rings. The van der Waals surface area contributed by atoms with Crippen molar-refractivity contribution in [1.82, 2.24) is 10.2 Å². The van der Waals surface area contributed by atoms with E-state index in [0.29, 0.717) is 24.2 Å². The third-order valence-electron chi connectivity index (χ3n) is 3.15. The summed E-state index contributed by atoms with van der Waals surface area (Å²) in [7, 11) is 0. The Bertz CT molecular complexity index is 447. The second kappa shape index (κ2) is 5.87. The van der Waals surface area contributed by atoms with Gasteiger partial charge in [-0.1, -0.05) is 30.6 Å². The van der Waals surface area contributed by atoms with Crippen LogP contribution in [0.5, 0.6) is 0 Å². The Hall–Kier alpha value is -1.15. The van der Waals surface area contributed by atoms with Crippen LogP contribution >= 0.6 is 11.3 Å². The van der Waals surface area contributed by atoms with Gasteiger partial charge in [-0.25, -0.2) is 8.78 Å². The van der Waals surface area contributed by atoms with E-state index in [2.05, 4.69) is 15.5 Å². The van der Waals surface area contributed by atoms with Gasteiger partial charge in [-0.05, 0) is 12.8 Å². The molecule has 1 aliphatic carbocycles. The number of aromatic nitrogens is 2. The molecule has 19 heavy (non-hydrogen) atoms. The maximum atomic E-state index is 12.3. The Morgan fingerprint density at radius 2 is 2.05 bits per heavy atom. The van der Waals surface area contributed by atoms with Crippen molar-refractivity contribution in [1.29, 1.82) is 0 Å². The summed E-state index contributed by atoms with van der Waals surface area (Å²) in [6.07, 6.45) is 1.34. The fraction of sp³-hybridized carbons (Fsp3) is 0.727. The number of rotatable bonds is 4.